The van der Waals surface area contributed by atoms with Gasteiger partial charge in [0.1, 0.15) is 17.1 Å². The van der Waals surface area contributed by atoms with Gasteiger partial charge in [-0.25, -0.2) is 4.79 Å². The molecule has 1 amide bonds. The maximum atomic E-state index is 12.3. The lowest BCUT2D eigenvalue weighted by atomic mass is 10.0. The lowest BCUT2D eigenvalue weighted by Crippen LogP contribution is -2.49. The fraction of sp³-hybridized carbons (Fsp3) is 0.611. The Morgan fingerprint density at radius 1 is 1.21 bits per heavy atom. The molecule has 1 atom stereocenters. The van der Waals surface area contributed by atoms with Crippen molar-refractivity contribution in [2.45, 2.75) is 39.3 Å². The fourth-order valence-corrected chi connectivity index (χ4v) is 2.77. The van der Waals surface area contributed by atoms with Crippen LogP contribution < -0.4 is 14.8 Å². The molecule has 134 valence electrons. The molecule has 1 N–H and O–H groups in total. The molecule has 2 rings (SSSR count). The topological polar surface area (TPSA) is 60.0 Å². The zero-order chi connectivity index (χ0) is 17.9. The van der Waals surface area contributed by atoms with Crippen LogP contribution in [0.5, 0.6) is 11.5 Å². The first kappa shape index (κ1) is 18.4. The molecule has 1 heterocycles. The number of carbonyl (C=O) groups is 1. The summed E-state index contributed by atoms with van der Waals surface area (Å²) in [4.78, 5) is 14.1. The van der Waals surface area contributed by atoms with Crippen LogP contribution >= 0.6 is 0 Å². The van der Waals surface area contributed by atoms with Crippen molar-refractivity contribution in [2.24, 2.45) is 0 Å². The Labute approximate surface area is 144 Å². The van der Waals surface area contributed by atoms with E-state index in [4.69, 9.17) is 14.2 Å². The zero-order valence-electron chi connectivity index (χ0n) is 15.4. The van der Waals surface area contributed by atoms with Gasteiger partial charge in [-0.1, -0.05) is 0 Å². The van der Waals surface area contributed by atoms with Gasteiger partial charge in [0.05, 0.1) is 20.3 Å². The second-order valence-electron chi connectivity index (χ2n) is 6.98. The van der Waals surface area contributed by atoms with Crippen LogP contribution in [0.3, 0.4) is 0 Å². The van der Waals surface area contributed by atoms with Crippen molar-refractivity contribution >= 4 is 6.09 Å². The maximum Gasteiger partial charge on any atom is 0.410 e. The van der Waals surface area contributed by atoms with E-state index in [0.717, 1.165) is 22.6 Å². The lowest BCUT2D eigenvalue weighted by molar-refractivity contribution is 0.0195. The largest absolute Gasteiger partial charge is 0.496 e. The summed E-state index contributed by atoms with van der Waals surface area (Å²) in [5.41, 5.74) is 1.50. The van der Waals surface area contributed by atoms with Crippen molar-refractivity contribution in [1.29, 1.82) is 0 Å². The van der Waals surface area contributed by atoms with Gasteiger partial charge in [-0.3, -0.25) is 0 Å². The predicted molar refractivity (Wildman–Crippen MR) is 92.8 cm³/mol. The quantitative estimate of drug-likeness (QED) is 0.920. The number of nitrogens with zero attached hydrogens (tertiary/aromatic N) is 1. The SMILES string of the molecule is COc1cc(C2CN(C(=O)OC(C)(C)C)CCN2)cc(OC)c1C. The molecule has 1 aliphatic heterocycles. The highest BCUT2D eigenvalue weighted by Gasteiger charge is 2.28. The minimum absolute atomic E-state index is 0.00895. The molecular weight excluding hydrogens is 308 g/mol. The summed E-state index contributed by atoms with van der Waals surface area (Å²) in [5.74, 6) is 1.56. The van der Waals surface area contributed by atoms with Crippen molar-refractivity contribution in [3.05, 3.63) is 23.3 Å². The monoisotopic (exact) mass is 336 g/mol. The van der Waals surface area contributed by atoms with E-state index in [1.807, 2.05) is 39.8 Å². The minimum Gasteiger partial charge on any atom is -0.496 e. The lowest BCUT2D eigenvalue weighted by Gasteiger charge is -2.35. The molecule has 1 aliphatic rings. The third kappa shape index (κ3) is 4.32. The van der Waals surface area contributed by atoms with Crippen molar-refractivity contribution < 1.29 is 19.0 Å². The Morgan fingerprint density at radius 2 is 1.79 bits per heavy atom. The molecule has 6 heteroatoms. The smallest absolute Gasteiger partial charge is 0.410 e. The number of methoxy groups -OCH3 is 2. The van der Waals surface area contributed by atoms with Gasteiger partial charge in [0, 0.05) is 25.2 Å². The molecule has 1 aromatic rings. The van der Waals surface area contributed by atoms with Crippen LogP contribution in [0.2, 0.25) is 0 Å². The Morgan fingerprint density at radius 3 is 2.29 bits per heavy atom. The van der Waals surface area contributed by atoms with E-state index in [1.165, 1.54) is 0 Å². The summed E-state index contributed by atoms with van der Waals surface area (Å²) in [5, 5.41) is 3.44. The molecule has 1 unspecified atom stereocenters. The molecule has 0 radical (unpaired) electrons. The van der Waals surface area contributed by atoms with E-state index in [2.05, 4.69) is 5.32 Å². The van der Waals surface area contributed by atoms with Gasteiger partial charge < -0.3 is 24.4 Å². The van der Waals surface area contributed by atoms with Crippen molar-refractivity contribution in [3.63, 3.8) is 0 Å². The third-order valence-electron chi connectivity index (χ3n) is 4.00. The number of carbonyl (C=O) groups excluding carboxylic acids is 1. The second-order valence-corrected chi connectivity index (χ2v) is 6.98. The van der Waals surface area contributed by atoms with Crippen LogP contribution in [-0.4, -0.2) is 50.4 Å². The number of benzene rings is 1. The van der Waals surface area contributed by atoms with Crippen LogP contribution in [0.1, 0.15) is 37.9 Å². The summed E-state index contributed by atoms with van der Waals surface area (Å²) in [6, 6.07) is 4.00. The van der Waals surface area contributed by atoms with Gasteiger partial charge in [0.2, 0.25) is 0 Å². The van der Waals surface area contributed by atoms with Gasteiger partial charge in [-0.15, -0.1) is 0 Å². The molecule has 1 fully saturated rings. The van der Waals surface area contributed by atoms with Gasteiger partial charge in [-0.05, 0) is 45.4 Å². The summed E-state index contributed by atoms with van der Waals surface area (Å²) in [6.45, 7) is 9.47. The number of rotatable bonds is 3. The van der Waals surface area contributed by atoms with Crippen LogP contribution in [0, 0.1) is 6.92 Å². The first-order chi connectivity index (χ1) is 11.2. The normalized spacial score (nSPS) is 18.2. The van der Waals surface area contributed by atoms with Gasteiger partial charge in [0.25, 0.3) is 0 Å². The Bertz CT molecular complexity index is 570. The third-order valence-corrected chi connectivity index (χ3v) is 4.00. The number of hydrogen-bond donors (Lipinski definition) is 1. The minimum atomic E-state index is -0.492. The highest BCUT2D eigenvalue weighted by atomic mass is 16.6. The molecule has 0 aromatic heterocycles. The van der Waals surface area contributed by atoms with Gasteiger partial charge >= 0.3 is 6.09 Å². The highest BCUT2D eigenvalue weighted by molar-refractivity contribution is 5.68. The first-order valence-corrected chi connectivity index (χ1v) is 8.19. The van der Waals surface area contributed by atoms with Crippen molar-refractivity contribution in [3.8, 4) is 11.5 Å². The molecule has 0 aliphatic carbocycles. The molecular formula is C18H28N2O4. The summed E-state index contributed by atoms with van der Waals surface area (Å²) in [7, 11) is 3.29. The average Bonchev–Trinajstić information content (AvgIpc) is 2.53. The molecule has 24 heavy (non-hydrogen) atoms. The van der Waals surface area contributed by atoms with E-state index in [9.17, 15) is 4.79 Å². The summed E-state index contributed by atoms with van der Waals surface area (Å²) < 4.78 is 16.4. The fourth-order valence-electron chi connectivity index (χ4n) is 2.77. The molecule has 0 spiro atoms. The molecule has 0 saturated carbocycles. The van der Waals surface area contributed by atoms with E-state index < -0.39 is 5.60 Å². The highest BCUT2D eigenvalue weighted by Crippen LogP contribution is 2.33. The van der Waals surface area contributed by atoms with Crippen LogP contribution in [0.4, 0.5) is 4.79 Å². The van der Waals surface area contributed by atoms with Gasteiger partial charge in [0.15, 0.2) is 0 Å². The number of hydrogen-bond acceptors (Lipinski definition) is 5. The van der Waals surface area contributed by atoms with E-state index >= 15 is 0 Å². The summed E-state index contributed by atoms with van der Waals surface area (Å²) in [6.07, 6.45) is -0.278. The van der Waals surface area contributed by atoms with E-state index in [-0.39, 0.29) is 12.1 Å². The zero-order valence-corrected chi connectivity index (χ0v) is 15.4. The average molecular weight is 336 g/mol. The summed E-state index contributed by atoms with van der Waals surface area (Å²) >= 11 is 0. The number of piperazine rings is 1. The van der Waals surface area contributed by atoms with Crippen LogP contribution in [0.15, 0.2) is 12.1 Å². The standard InChI is InChI=1S/C18H28N2O4/c1-12-15(22-5)9-13(10-16(12)23-6)14-11-20(8-7-19-14)17(21)24-18(2,3)4/h9-10,14,19H,7-8,11H2,1-6H3. The van der Waals surface area contributed by atoms with Crippen LogP contribution in [-0.2, 0) is 4.74 Å². The van der Waals surface area contributed by atoms with Crippen molar-refractivity contribution in [2.75, 3.05) is 33.9 Å². The van der Waals surface area contributed by atoms with Crippen molar-refractivity contribution in [1.82, 2.24) is 10.2 Å². The van der Waals surface area contributed by atoms with Crippen LogP contribution in [0.25, 0.3) is 0 Å². The Kier molecular flexibility index (Phi) is 5.59. The molecule has 1 aromatic carbocycles. The number of nitrogens with one attached hydrogen (secondary N) is 1. The Balaban J connectivity index is 2.19. The maximum absolute atomic E-state index is 12.3. The van der Waals surface area contributed by atoms with E-state index in [0.29, 0.717) is 19.6 Å². The van der Waals surface area contributed by atoms with E-state index in [1.54, 1.807) is 19.1 Å². The number of amides is 1. The number of ether oxygens (including phenoxy) is 3. The Hall–Kier alpha value is -1.95. The predicted octanol–water partition coefficient (Wildman–Crippen LogP) is 2.89. The molecule has 1 saturated heterocycles. The first-order valence-electron chi connectivity index (χ1n) is 8.19. The van der Waals surface area contributed by atoms with Gasteiger partial charge in [-0.2, -0.15) is 0 Å². The second kappa shape index (κ2) is 7.30. The molecule has 6 nitrogen and oxygen atoms in total. The molecule has 0 bridgehead atoms.